The fourth-order valence-corrected chi connectivity index (χ4v) is 2.01. The fraction of sp³-hybridized carbons (Fsp3) is 0.417. The highest BCUT2D eigenvalue weighted by Gasteiger charge is 2.43. The van der Waals surface area contributed by atoms with Crippen LogP contribution in [0.1, 0.15) is 12.8 Å². The van der Waals surface area contributed by atoms with Crippen molar-refractivity contribution in [1.82, 2.24) is 0 Å². The average molecular weight is 282 g/mol. The number of benzene rings is 1. The first-order valence-corrected chi connectivity index (χ1v) is 6.11. The van der Waals surface area contributed by atoms with Crippen LogP contribution in [0.25, 0.3) is 0 Å². The molecule has 0 aliphatic heterocycles. The van der Waals surface area contributed by atoms with Crippen molar-refractivity contribution < 1.29 is 9.66 Å². The van der Waals surface area contributed by atoms with E-state index in [1.807, 2.05) is 0 Å². The standard InChI is InChI=1S/C12H12ClN3O3/c13-10-5-9(3-4-11(10)16(17)18)19-7-12(15,6-14)8-1-2-8/h3-5,8H,1-2,7,15H2. The minimum atomic E-state index is -1.01. The van der Waals surface area contributed by atoms with Gasteiger partial charge in [-0.3, -0.25) is 10.1 Å². The lowest BCUT2D eigenvalue weighted by Crippen LogP contribution is -2.46. The number of hydrogen-bond donors (Lipinski definition) is 1. The van der Waals surface area contributed by atoms with Crippen molar-refractivity contribution in [1.29, 1.82) is 5.26 Å². The molecule has 2 rings (SSSR count). The number of nitrogens with two attached hydrogens (primary N) is 1. The Labute approximate surface area is 114 Å². The Hall–Kier alpha value is -1.84. The normalized spacial score (nSPS) is 17.3. The second-order valence-electron chi connectivity index (χ2n) is 4.59. The highest BCUT2D eigenvalue weighted by molar-refractivity contribution is 6.32. The van der Waals surface area contributed by atoms with E-state index in [1.165, 1.54) is 18.2 Å². The molecule has 1 unspecified atom stereocenters. The van der Waals surface area contributed by atoms with Crippen LogP contribution < -0.4 is 10.5 Å². The fourth-order valence-electron chi connectivity index (χ4n) is 1.77. The Bertz CT molecular complexity index is 554. The number of ether oxygens (including phenoxy) is 1. The third kappa shape index (κ3) is 2.95. The monoisotopic (exact) mass is 281 g/mol. The second-order valence-corrected chi connectivity index (χ2v) is 4.99. The molecule has 1 saturated carbocycles. The van der Waals surface area contributed by atoms with Gasteiger partial charge in [0.05, 0.1) is 11.0 Å². The van der Waals surface area contributed by atoms with Gasteiger partial charge in [0.1, 0.15) is 22.9 Å². The van der Waals surface area contributed by atoms with E-state index in [0.717, 1.165) is 12.8 Å². The zero-order valence-corrected chi connectivity index (χ0v) is 10.8. The van der Waals surface area contributed by atoms with E-state index in [2.05, 4.69) is 6.07 Å². The quantitative estimate of drug-likeness (QED) is 0.659. The minimum absolute atomic E-state index is 0.00602. The summed E-state index contributed by atoms with van der Waals surface area (Å²) < 4.78 is 5.42. The van der Waals surface area contributed by atoms with Gasteiger partial charge in [-0.05, 0) is 24.8 Å². The molecule has 0 bridgehead atoms. The van der Waals surface area contributed by atoms with Crippen molar-refractivity contribution in [3.8, 4) is 11.8 Å². The molecule has 0 radical (unpaired) electrons. The van der Waals surface area contributed by atoms with Gasteiger partial charge < -0.3 is 10.5 Å². The number of rotatable bonds is 5. The lowest BCUT2D eigenvalue weighted by Gasteiger charge is -2.21. The van der Waals surface area contributed by atoms with Crippen LogP contribution in [0.3, 0.4) is 0 Å². The zero-order valence-electron chi connectivity index (χ0n) is 10.0. The highest BCUT2D eigenvalue weighted by atomic mass is 35.5. The minimum Gasteiger partial charge on any atom is -0.490 e. The maximum absolute atomic E-state index is 10.6. The summed E-state index contributed by atoms with van der Waals surface area (Å²) in [6, 6.07) is 6.12. The number of nitro benzene ring substituents is 1. The van der Waals surface area contributed by atoms with Crippen LogP contribution in [-0.4, -0.2) is 17.1 Å². The summed E-state index contributed by atoms with van der Waals surface area (Å²) in [6.45, 7) is 0.0440. The van der Waals surface area contributed by atoms with Crippen LogP contribution >= 0.6 is 11.6 Å². The summed E-state index contributed by atoms with van der Waals surface area (Å²) in [4.78, 5) is 10.0. The molecule has 0 spiro atoms. The van der Waals surface area contributed by atoms with Crippen LogP contribution in [0.15, 0.2) is 18.2 Å². The average Bonchev–Trinajstić information content (AvgIpc) is 3.20. The third-order valence-electron chi connectivity index (χ3n) is 3.11. The van der Waals surface area contributed by atoms with Crippen molar-refractivity contribution in [2.75, 3.05) is 6.61 Å². The van der Waals surface area contributed by atoms with Gasteiger partial charge in [0, 0.05) is 12.1 Å². The molecule has 1 aliphatic rings. The molecule has 0 heterocycles. The molecule has 2 N–H and O–H groups in total. The topological polar surface area (TPSA) is 102 Å². The van der Waals surface area contributed by atoms with Crippen molar-refractivity contribution in [2.45, 2.75) is 18.4 Å². The number of nitriles is 1. The molecule has 0 aromatic heterocycles. The molecule has 1 fully saturated rings. The Kier molecular flexibility index (Phi) is 3.60. The summed E-state index contributed by atoms with van der Waals surface area (Å²) in [6.07, 6.45) is 1.85. The van der Waals surface area contributed by atoms with E-state index >= 15 is 0 Å². The molecule has 0 amide bonds. The largest absolute Gasteiger partial charge is 0.490 e. The smallest absolute Gasteiger partial charge is 0.288 e. The van der Waals surface area contributed by atoms with Crippen LogP contribution in [0.4, 0.5) is 5.69 Å². The zero-order chi connectivity index (χ0) is 14.0. The Balaban J connectivity index is 2.06. The highest BCUT2D eigenvalue weighted by Crippen LogP contribution is 2.38. The predicted molar refractivity (Wildman–Crippen MR) is 68.9 cm³/mol. The van der Waals surface area contributed by atoms with E-state index < -0.39 is 10.5 Å². The van der Waals surface area contributed by atoms with E-state index in [1.54, 1.807) is 0 Å². The number of nitrogens with zero attached hydrogens (tertiary/aromatic N) is 2. The van der Waals surface area contributed by atoms with Gasteiger partial charge in [0.15, 0.2) is 0 Å². The molecule has 1 aromatic carbocycles. The van der Waals surface area contributed by atoms with E-state index in [-0.39, 0.29) is 23.2 Å². The first kappa shape index (κ1) is 13.6. The second kappa shape index (κ2) is 5.03. The van der Waals surface area contributed by atoms with Gasteiger partial charge in [-0.25, -0.2) is 0 Å². The van der Waals surface area contributed by atoms with E-state index in [4.69, 9.17) is 27.3 Å². The van der Waals surface area contributed by atoms with Gasteiger partial charge >= 0.3 is 0 Å². The van der Waals surface area contributed by atoms with Crippen molar-refractivity contribution in [2.24, 2.45) is 11.7 Å². The van der Waals surface area contributed by atoms with E-state index in [9.17, 15) is 10.1 Å². The molecule has 1 atom stereocenters. The molecular weight excluding hydrogens is 270 g/mol. The maximum atomic E-state index is 10.6. The van der Waals surface area contributed by atoms with Gasteiger partial charge in [0.25, 0.3) is 5.69 Å². The molecule has 1 aromatic rings. The molecule has 19 heavy (non-hydrogen) atoms. The third-order valence-corrected chi connectivity index (χ3v) is 3.41. The van der Waals surface area contributed by atoms with Crippen molar-refractivity contribution in [3.63, 3.8) is 0 Å². The summed E-state index contributed by atoms with van der Waals surface area (Å²) in [5, 5.41) is 19.7. The maximum Gasteiger partial charge on any atom is 0.288 e. The molecule has 6 nitrogen and oxygen atoms in total. The summed E-state index contributed by atoms with van der Waals surface area (Å²) >= 11 is 5.77. The summed E-state index contributed by atoms with van der Waals surface area (Å²) in [5.74, 6) is 0.521. The SMILES string of the molecule is N#CC(N)(COc1ccc([N+](=O)[O-])c(Cl)c1)C1CC1. The number of halogens is 1. The lowest BCUT2D eigenvalue weighted by molar-refractivity contribution is -0.384. The van der Waals surface area contributed by atoms with Gasteiger partial charge in [-0.15, -0.1) is 0 Å². The Morgan fingerprint density at radius 2 is 2.32 bits per heavy atom. The molecule has 1 aliphatic carbocycles. The summed E-state index contributed by atoms with van der Waals surface area (Å²) in [5.41, 5.74) is 4.75. The van der Waals surface area contributed by atoms with Crippen LogP contribution in [0, 0.1) is 27.4 Å². The first-order chi connectivity index (χ1) is 8.96. The van der Waals surface area contributed by atoms with Crippen LogP contribution in [0.5, 0.6) is 5.75 Å². The van der Waals surface area contributed by atoms with Gasteiger partial charge in [-0.1, -0.05) is 11.6 Å². The molecule has 0 saturated heterocycles. The predicted octanol–water partition coefficient (Wildman–Crippen LogP) is 2.26. The number of hydrogen-bond acceptors (Lipinski definition) is 5. The van der Waals surface area contributed by atoms with Gasteiger partial charge in [-0.2, -0.15) is 5.26 Å². The van der Waals surface area contributed by atoms with Crippen molar-refractivity contribution >= 4 is 17.3 Å². The Morgan fingerprint density at radius 3 is 2.79 bits per heavy atom. The molecule has 100 valence electrons. The van der Waals surface area contributed by atoms with Gasteiger partial charge in [0.2, 0.25) is 0 Å². The summed E-state index contributed by atoms with van der Waals surface area (Å²) in [7, 11) is 0. The van der Waals surface area contributed by atoms with Crippen LogP contribution in [0.2, 0.25) is 5.02 Å². The van der Waals surface area contributed by atoms with Crippen LogP contribution in [-0.2, 0) is 0 Å². The molecular formula is C12H12ClN3O3. The Morgan fingerprint density at radius 1 is 1.63 bits per heavy atom. The number of nitro groups is 1. The lowest BCUT2D eigenvalue weighted by atomic mass is 9.98. The van der Waals surface area contributed by atoms with E-state index in [0.29, 0.717) is 5.75 Å². The molecule has 7 heteroatoms. The first-order valence-electron chi connectivity index (χ1n) is 5.73. The van der Waals surface area contributed by atoms with Crippen molar-refractivity contribution in [3.05, 3.63) is 33.3 Å².